The lowest BCUT2D eigenvalue weighted by Crippen LogP contribution is -2.13. The van der Waals surface area contributed by atoms with Crippen molar-refractivity contribution >= 4 is 17.2 Å². The maximum absolute atomic E-state index is 5.69. The molecule has 18 heavy (non-hydrogen) atoms. The molecule has 2 rings (SSSR count). The van der Waals surface area contributed by atoms with Gasteiger partial charge in [0.15, 0.2) is 0 Å². The number of thiocarbonyl (C=S) groups is 1. The summed E-state index contributed by atoms with van der Waals surface area (Å²) in [6, 6.07) is 1.81. The van der Waals surface area contributed by atoms with Gasteiger partial charge >= 0.3 is 0 Å². The van der Waals surface area contributed by atoms with Crippen molar-refractivity contribution in [1.82, 2.24) is 19.7 Å². The molecule has 2 aromatic rings. The largest absolute Gasteiger partial charge is 0.420 e. The van der Waals surface area contributed by atoms with Crippen LogP contribution in [-0.4, -0.2) is 24.7 Å². The summed E-state index contributed by atoms with van der Waals surface area (Å²) >= 11 is 4.94. The number of aromatic nitrogens is 4. The molecule has 0 aliphatic carbocycles. The zero-order chi connectivity index (χ0) is 13.3. The third-order valence-electron chi connectivity index (χ3n) is 2.30. The molecule has 0 radical (unpaired) electrons. The maximum Gasteiger partial charge on any atom is 0.234 e. The lowest BCUT2D eigenvalue weighted by atomic mass is 10.3. The average molecular weight is 263 g/mol. The number of aryl methyl sites for hydroxylation is 3. The molecular weight excluding hydrogens is 250 g/mol. The van der Waals surface area contributed by atoms with E-state index in [-0.39, 0.29) is 4.99 Å². The van der Waals surface area contributed by atoms with Gasteiger partial charge in [0.05, 0.1) is 11.3 Å². The lowest BCUT2D eigenvalue weighted by Gasteiger charge is -2.08. The van der Waals surface area contributed by atoms with E-state index in [2.05, 4.69) is 15.1 Å². The summed E-state index contributed by atoms with van der Waals surface area (Å²) in [6.45, 7) is 3.65. The van der Waals surface area contributed by atoms with Gasteiger partial charge in [-0.25, -0.2) is 9.67 Å². The fourth-order valence-electron chi connectivity index (χ4n) is 1.48. The molecule has 6 nitrogen and oxygen atoms in total. The highest BCUT2D eigenvalue weighted by Crippen LogP contribution is 2.23. The van der Waals surface area contributed by atoms with E-state index in [1.807, 2.05) is 6.92 Å². The van der Waals surface area contributed by atoms with Crippen LogP contribution in [0.25, 0.3) is 0 Å². The summed E-state index contributed by atoms with van der Waals surface area (Å²) in [4.78, 5) is 8.45. The average Bonchev–Trinajstić information content (AvgIpc) is 2.57. The molecule has 0 saturated carbocycles. The molecular formula is C11H13N5OS. The number of rotatable bonds is 3. The third-order valence-corrected chi connectivity index (χ3v) is 2.52. The Bertz CT molecular complexity index is 607. The molecule has 7 heteroatoms. The van der Waals surface area contributed by atoms with Crippen LogP contribution in [0.5, 0.6) is 11.8 Å². The third kappa shape index (κ3) is 2.45. The van der Waals surface area contributed by atoms with Crippen LogP contribution >= 0.6 is 12.2 Å². The van der Waals surface area contributed by atoms with Crippen molar-refractivity contribution in [3.05, 3.63) is 29.3 Å². The van der Waals surface area contributed by atoms with Crippen molar-refractivity contribution in [1.29, 1.82) is 0 Å². The highest BCUT2D eigenvalue weighted by atomic mass is 32.1. The molecule has 0 saturated heterocycles. The van der Waals surface area contributed by atoms with E-state index < -0.39 is 0 Å². The second-order valence-electron chi connectivity index (χ2n) is 3.85. The van der Waals surface area contributed by atoms with Crippen LogP contribution in [0.3, 0.4) is 0 Å². The summed E-state index contributed by atoms with van der Waals surface area (Å²) in [7, 11) is 1.79. The minimum absolute atomic E-state index is 0.198. The summed E-state index contributed by atoms with van der Waals surface area (Å²) in [6.07, 6.45) is 1.56. The van der Waals surface area contributed by atoms with Crippen molar-refractivity contribution in [3.63, 3.8) is 0 Å². The van der Waals surface area contributed by atoms with Gasteiger partial charge in [0.2, 0.25) is 11.8 Å². The van der Waals surface area contributed by atoms with E-state index in [0.717, 1.165) is 5.69 Å². The van der Waals surface area contributed by atoms with E-state index in [1.54, 1.807) is 30.9 Å². The Morgan fingerprint density at radius 3 is 2.72 bits per heavy atom. The highest BCUT2D eigenvalue weighted by molar-refractivity contribution is 7.80. The van der Waals surface area contributed by atoms with Crippen LogP contribution in [0.2, 0.25) is 0 Å². The first-order chi connectivity index (χ1) is 8.47. The Balaban J connectivity index is 2.42. The monoisotopic (exact) mass is 263 g/mol. The standard InChI is InChI=1S/C11H13N5OS/c1-6-4-9(16(3)15-6)17-11-8(10(12)18)5-13-7(2)14-11/h4-5H,1-3H3,(H2,12,18). The van der Waals surface area contributed by atoms with Gasteiger partial charge in [-0.1, -0.05) is 12.2 Å². The first kappa shape index (κ1) is 12.4. The lowest BCUT2D eigenvalue weighted by molar-refractivity contribution is 0.412. The van der Waals surface area contributed by atoms with Gasteiger partial charge < -0.3 is 10.5 Å². The molecule has 0 spiro atoms. The van der Waals surface area contributed by atoms with Crippen molar-refractivity contribution < 1.29 is 4.74 Å². The first-order valence-corrected chi connectivity index (χ1v) is 5.70. The first-order valence-electron chi connectivity index (χ1n) is 5.29. The molecule has 0 aliphatic rings. The Hall–Kier alpha value is -2.02. The van der Waals surface area contributed by atoms with Crippen molar-refractivity contribution in [2.45, 2.75) is 13.8 Å². The Morgan fingerprint density at radius 1 is 1.44 bits per heavy atom. The van der Waals surface area contributed by atoms with Crippen molar-refractivity contribution in [2.24, 2.45) is 12.8 Å². The SMILES string of the molecule is Cc1cc(Oc2nc(C)ncc2C(N)=S)n(C)n1. The molecule has 0 aliphatic heterocycles. The summed E-state index contributed by atoms with van der Waals surface area (Å²) in [5.41, 5.74) is 6.98. The molecule has 0 atom stereocenters. The predicted molar refractivity (Wildman–Crippen MR) is 70.7 cm³/mol. The molecule has 0 aromatic carbocycles. The molecule has 2 aromatic heterocycles. The Labute approximate surface area is 110 Å². The van der Waals surface area contributed by atoms with Gasteiger partial charge in [-0.05, 0) is 13.8 Å². The zero-order valence-corrected chi connectivity index (χ0v) is 11.2. The second-order valence-corrected chi connectivity index (χ2v) is 4.29. The van der Waals surface area contributed by atoms with E-state index in [4.69, 9.17) is 22.7 Å². The zero-order valence-electron chi connectivity index (χ0n) is 10.3. The normalized spacial score (nSPS) is 10.4. The van der Waals surface area contributed by atoms with Crippen molar-refractivity contribution in [3.8, 4) is 11.8 Å². The molecule has 2 N–H and O–H groups in total. The van der Waals surface area contributed by atoms with Gasteiger partial charge in [0.25, 0.3) is 0 Å². The fourth-order valence-corrected chi connectivity index (χ4v) is 1.62. The van der Waals surface area contributed by atoms with Gasteiger partial charge in [-0.15, -0.1) is 0 Å². The maximum atomic E-state index is 5.69. The minimum Gasteiger partial charge on any atom is -0.420 e. The van der Waals surface area contributed by atoms with E-state index in [9.17, 15) is 0 Å². The molecule has 94 valence electrons. The van der Waals surface area contributed by atoms with Gasteiger partial charge in [-0.3, -0.25) is 0 Å². The van der Waals surface area contributed by atoms with E-state index in [0.29, 0.717) is 23.1 Å². The molecule has 2 heterocycles. The van der Waals surface area contributed by atoms with Gasteiger partial charge in [-0.2, -0.15) is 10.1 Å². The quantitative estimate of drug-likeness (QED) is 0.840. The predicted octanol–water partition coefficient (Wildman–Crippen LogP) is 1.25. The second kappa shape index (κ2) is 4.69. The molecule has 0 amide bonds. The van der Waals surface area contributed by atoms with E-state index in [1.165, 1.54) is 0 Å². The number of hydrogen-bond donors (Lipinski definition) is 1. The van der Waals surface area contributed by atoms with Crippen LogP contribution in [0.4, 0.5) is 0 Å². The fraction of sp³-hybridized carbons (Fsp3) is 0.273. The molecule has 0 fully saturated rings. The van der Waals surface area contributed by atoms with Gasteiger partial charge in [0, 0.05) is 19.3 Å². The number of nitrogens with two attached hydrogens (primary N) is 1. The summed E-state index contributed by atoms with van der Waals surface area (Å²) in [5, 5.41) is 4.19. The number of hydrogen-bond acceptors (Lipinski definition) is 5. The van der Waals surface area contributed by atoms with Crippen LogP contribution in [0, 0.1) is 13.8 Å². The summed E-state index contributed by atoms with van der Waals surface area (Å²) < 4.78 is 7.31. The van der Waals surface area contributed by atoms with E-state index >= 15 is 0 Å². The van der Waals surface area contributed by atoms with Gasteiger partial charge in [0.1, 0.15) is 10.8 Å². The highest BCUT2D eigenvalue weighted by Gasteiger charge is 2.13. The van der Waals surface area contributed by atoms with Crippen LogP contribution in [-0.2, 0) is 7.05 Å². The number of nitrogens with zero attached hydrogens (tertiary/aromatic N) is 4. The Kier molecular flexibility index (Phi) is 3.24. The van der Waals surface area contributed by atoms with Crippen LogP contribution < -0.4 is 10.5 Å². The van der Waals surface area contributed by atoms with Crippen molar-refractivity contribution in [2.75, 3.05) is 0 Å². The van der Waals surface area contributed by atoms with Crippen LogP contribution in [0.15, 0.2) is 12.3 Å². The molecule has 0 bridgehead atoms. The summed E-state index contributed by atoms with van der Waals surface area (Å²) in [5.74, 6) is 1.50. The number of ether oxygens (including phenoxy) is 1. The molecule has 0 unspecified atom stereocenters. The smallest absolute Gasteiger partial charge is 0.234 e. The van der Waals surface area contributed by atoms with Crippen LogP contribution in [0.1, 0.15) is 17.1 Å². The topological polar surface area (TPSA) is 78.9 Å². The Morgan fingerprint density at radius 2 is 2.17 bits per heavy atom. The minimum atomic E-state index is 0.198.